The molecule has 7 heteroatoms. The number of nitriles is 3. The number of nitrogens with zero attached hydrogens (tertiary/aromatic N) is 4. The van der Waals surface area contributed by atoms with Gasteiger partial charge in [-0.05, 0) is 0 Å². The van der Waals surface area contributed by atoms with Crippen LogP contribution in [-0.4, -0.2) is 113 Å². The largest absolute Gasteiger partial charge is 0.264 e. The molecule has 4 nitrogen and oxygen atoms in total. The molecule has 3 radical (unpaired) electrons. The van der Waals surface area contributed by atoms with Crippen LogP contribution in [0.5, 0.6) is 0 Å². The van der Waals surface area contributed by atoms with E-state index in [4.69, 9.17) is 15.8 Å². The summed E-state index contributed by atoms with van der Waals surface area (Å²) >= 11 is 0. The Bertz CT molecular complexity index is 173. The third kappa shape index (κ3) is 16.1. The maximum atomic E-state index is 8.18. The van der Waals surface area contributed by atoms with Crippen molar-refractivity contribution in [3.05, 3.63) is 0 Å². The van der Waals surface area contributed by atoms with Crippen LogP contribution in [0, 0.1) is 34.0 Å². The van der Waals surface area contributed by atoms with Crippen LogP contribution in [0.4, 0.5) is 0 Å². The average Bonchev–Trinajstić information content (AvgIpc) is 1.90. The molecule has 0 saturated heterocycles. The van der Waals surface area contributed by atoms with Crippen LogP contribution < -0.4 is 0 Å². The van der Waals surface area contributed by atoms with Crippen molar-refractivity contribution in [2.75, 3.05) is 19.6 Å². The molecule has 0 rings (SSSR count). The van der Waals surface area contributed by atoms with E-state index >= 15 is 0 Å². The van der Waals surface area contributed by atoms with Crippen molar-refractivity contribution in [2.24, 2.45) is 0 Å². The van der Waals surface area contributed by atoms with E-state index in [9.17, 15) is 0 Å². The van der Waals surface area contributed by atoms with Gasteiger partial charge in [0.2, 0.25) is 0 Å². The summed E-state index contributed by atoms with van der Waals surface area (Å²) in [5.41, 5.74) is 0. The molecule has 13 heavy (non-hydrogen) atoms. The van der Waals surface area contributed by atoms with Gasteiger partial charge in [-0.2, -0.15) is 15.8 Å². The molecule has 0 aliphatic heterocycles. The maximum absolute atomic E-state index is 8.18. The van der Waals surface area contributed by atoms with Gasteiger partial charge in [-0.15, -0.1) is 0 Å². The molecule has 0 atom stereocenters. The Kier molecular flexibility index (Phi) is 35.1. The van der Waals surface area contributed by atoms with Gasteiger partial charge in [0, 0.05) is 88.7 Å². The summed E-state index contributed by atoms with van der Waals surface area (Å²) in [5, 5.41) is 24.5. The number of hydrogen-bond donors (Lipinski definition) is 0. The average molecular weight is 203 g/mol. The van der Waals surface area contributed by atoms with E-state index in [0.717, 1.165) is 0 Å². The molecular formula is C6H6N4Na3. The molecule has 0 bridgehead atoms. The first kappa shape index (κ1) is 23.9. The smallest absolute Gasteiger partial charge is 0.0882 e. The molecule has 53 valence electrons. The van der Waals surface area contributed by atoms with Gasteiger partial charge in [0.25, 0.3) is 0 Å². The minimum Gasteiger partial charge on any atom is -0.264 e. The van der Waals surface area contributed by atoms with Gasteiger partial charge in [0.15, 0.2) is 0 Å². The second-order valence-electron chi connectivity index (χ2n) is 1.62. The molecule has 0 aromatic carbocycles. The second-order valence-corrected chi connectivity index (χ2v) is 1.62. The second kappa shape index (κ2) is 19.1. The molecule has 0 aromatic rings. The van der Waals surface area contributed by atoms with E-state index in [2.05, 4.69) is 0 Å². The summed E-state index contributed by atoms with van der Waals surface area (Å²) in [4.78, 5) is 1.46. The van der Waals surface area contributed by atoms with Gasteiger partial charge >= 0.3 is 0 Å². The van der Waals surface area contributed by atoms with Crippen LogP contribution in [0.3, 0.4) is 0 Å². The predicted octanol–water partition coefficient (Wildman–Crippen LogP) is -1.28. The zero-order chi connectivity index (χ0) is 7.82. The molecule has 0 aliphatic carbocycles. The van der Waals surface area contributed by atoms with E-state index in [1.807, 2.05) is 18.2 Å². The summed E-state index contributed by atoms with van der Waals surface area (Å²) in [7, 11) is 0. The minimum absolute atomic E-state index is 0. The van der Waals surface area contributed by atoms with E-state index in [1.54, 1.807) is 0 Å². The monoisotopic (exact) mass is 203 g/mol. The van der Waals surface area contributed by atoms with Crippen molar-refractivity contribution in [1.29, 1.82) is 15.8 Å². The van der Waals surface area contributed by atoms with E-state index in [1.165, 1.54) is 4.90 Å². The van der Waals surface area contributed by atoms with Gasteiger partial charge < -0.3 is 0 Å². The Balaban J connectivity index is -0.000000135. The van der Waals surface area contributed by atoms with Crippen LogP contribution in [0.2, 0.25) is 0 Å². The quantitative estimate of drug-likeness (QED) is 0.422. The Morgan fingerprint density at radius 2 is 0.923 bits per heavy atom. The Labute approximate surface area is 145 Å². The van der Waals surface area contributed by atoms with Gasteiger partial charge in [-0.1, -0.05) is 0 Å². The summed E-state index contributed by atoms with van der Waals surface area (Å²) in [6.07, 6.45) is 0. The molecule has 0 amide bonds. The summed E-state index contributed by atoms with van der Waals surface area (Å²) in [6.45, 7) is 0.420. The normalized spacial score (nSPS) is 6.00. The van der Waals surface area contributed by atoms with Gasteiger partial charge in [-0.3, -0.25) is 4.90 Å². The SMILES string of the molecule is N#CCN(CC#N)CC#N.[Na].[Na].[Na]. The van der Waals surface area contributed by atoms with E-state index in [0.29, 0.717) is 0 Å². The van der Waals surface area contributed by atoms with E-state index < -0.39 is 0 Å². The molecule has 0 aromatic heterocycles. The van der Waals surface area contributed by atoms with Crippen LogP contribution in [-0.2, 0) is 0 Å². The third-order valence-electron chi connectivity index (χ3n) is 0.883. The minimum atomic E-state index is 0. The fourth-order valence-corrected chi connectivity index (χ4v) is 0.468. The molecule has 0 fully saturated rings. The fraction of sp³-hybridized carbons (Fsp3) is 0.500. The van der Waals surface area contributed by atoms with Crippen molar-refractivity contribution < 1.29 is 0 Å². The van der Waals surface area contributed by atoms with Crippen molar-refractivity contribution in [1.82, 2.24) is 4.90 Å². The van der Waals surface area contributed by atoms with Crippen LogP contribution in [0.1, 0.15) is 0 Å². The Hall–Kier alpha value is 1.43. The van der Waals surface area contributed by atoms with Gasteiger partial charge in [0.1, 0.15) is 0 Å². The Morgan fingerprint density at radius 1 is 0.692 bits per heavy atom. The van der Waals surface area contributed by atoms with Gasteiger partial charge in [0.05, 0.1) is 37.8 Å². The van der Waals surface area contributed by atoms with Gasteiger partial charge in [-0.25, -0.2) is 0 Å². The standard InChI is InChI=1S/C6H6N4.3Na/c7-1-4-10(5-2-8)6-3-9;;;/h4-6H2;;;. The summed E-state index contributed by atoms with van der Waals surface area (Å²) in [6, 6.07) is 5.58. The number of rotatable bonds is 3. The summed E-state index contributed by atoms with van der Waals surface area (Å²) in [5.74, 6) is 0. The van der Waals surface area contributed by atoms with Crippen LogP contribution in [0.25, 0.3) is 0 Å². The molecule has 0 aliphatic rings. The van der Waals surface area contributed by atoms with Crippen molar-refractivity contribution in [3.8, 4) is 18.2 Å². The molecule has 0 N–H and O–H groups in total. The molecular weight excluding hydrogens is 197 g/mol. The number of hydrogen-bond acceptors (Lipinski definition) is 4. The first-order valence-electron chi connectivity index (χ1n) is 2.68. The first-order chi connectivity index (χ1) is 4.85. The molecule has 0 heterocycles. The third-order valence-corrected chi connectivity index (χ3v) is 0.883. The first-order valence-corrected chi connectivity index (χ1v) is 2.68. The Morgan fingerprint density at radius 3 is 1.08 bits per heavy atom. The van der Waals surface area contributed by atoms with Crippen molar-refractivity contribution in [3.63, 3.8) is 0 Å². The fourth-order valence-electron chi connectivity index (χ4n) is 0.468. The van der Waals surface area contributed by atoms with E-state index in [-0.39, 0.29) is 108 Å². The molecule has 0 saturated carbocycles. The summed E-state index contributed by atoms with van der Waals surface area (Å²) < 4.78 is 0. The maximum Gasteiger partial charge on any atom is 0.0882 e. The molecule has 0 spiro atoms. The van der Waals surface area contributed by atoms with Crippen molar-refractivity contribution >= 4 is 88.7 Å². The van der Waals surface area contributed by atoms with Crippen molar-refractivity contribution in [2.45, 2.75) is 0 Å². The molecule has 0 unspecified atom stereocenters. The zero-order valence-corrected chi connectivity index (χ0v) is 14.4. The van der Waals surface area contributed by atoms with Crippen LogP contribution in [0.15, 0.2) is 0 Å². The zero-order valence-electron chi connectivity index (χ0n) is 8.41. The topological polar surface area (TPSA) is 74.6 Å². The van der Waals surface area contributed by atoms with Crippen LogP contribution >= 0.6 is 0 Å². The predicted molar refractivity (Wildman–Crippen MR) is 50.5 cm³/mol.